The molecule has 2 atom stereocenters. The Morgan fingerprint density at radius 3 is 2.09 bits per heavy atom. The molecular weight excluding hydrogens is 463 g/mol. The minimum Gasteiger partial charge on any atom is -0.469 e. The Balaban J connectivity index is 2.48. The number of nitrogens with one attached hydrogen (secondary N) is 1. The highest BCUT2D eigenvalue weighted by Crippen LogP contribution is 2.46. The van der Waals surface area contributed by atoms with Gasteiger partial charge >= 0.3 is 13.1 Å². The van der Waals surface area contributed by atoms with Crippen LogP contribution in [0.2, 0.25) is 5.15 Å². The summed E-state index contributed by atoms with van der Waals surface area (Å²) in [7, 11) is -0.730. The number of esters is 1. The first kappa shape index (κ1) is 28.2. The topological polar surface area (TPSA) is 86.8 Å². The third-order valence-corrected chi connectivity index (χ3v) is 8.45. The van der Waals surface area contributed by atoms with Gasteiger partial charge in [-0.3, -0.25) is 4.79 Å². The summed E-state index contributed by atoms with van der Waals surface area (Å²) in [5.41, 5.74) is 0.387. The molecule has 1 aromatic rings. The van der Waals surface area contributed by atoms with Gasteiger partial charge in [0, 0.05) is 0 Å². The second-order valence-electron chi connectivity index (χ2n) is 9.45. The fraction of sp³-hybridized carbons (Fsp3) is 0.739. The minimum absolute atomic E-state index is 0.0425. The van der Waals surface area contributed by atoms with E-state index < -0.39 is 46.1 Å². The molecule has 2 rings (SSSR count). The monoisotopic (exact) mass is 500 g/mol. The number of ether oxygens (including phenoxy) is 1. The van der Waals surface area contributed by atoms with Gasteiger partial charge in [0.05, 0.1) is 52.2 Å². The molecule has 10 heteroatoms. The standard InChI is InChI=1S/C23H38BClN2O5S/c1-9-22(10-2)23(11-3,12-4)32-24(31-22)16-13-17(26-19(25)14-16)18(15-20(28)30-8)27-33(29)21(5,6)7/h13-14,18,27H,9-12,15H2,1-8H3/t18-,33+/m0/s1. The third kappa shape index (κ3) is 5.99. The first-order valence-electron chi connectivity index (χ1n) is 11.7. The summed E-state index contributed by atoms with van der Waals surface area (Å²) in [6.07, 6.45) is 3.25. The van der Waals surface area contributed by atoms with Crippen LogP contribution in [0.25, 0.3) is 0 Å². The van der Waals surface area contributed by atoms with E-state index >= 15 is 0 Å². The fourth-order valence-corrected chi connectivity index (χ4v) is 5.56. The molecule has 0 saturated carbocycles. The van der Waals surface area contributed by atoms with Crippen molar-refractivity contribution in [2.24, 2.45) is 0 Å². The average molecular weight is 501 g/mol. The van der Waals surface area contributed by atoms with Crippen LogP contribution >= 0.6 is 11.6 Å². The SMILES string of the molecule is CCC1(CC)OB(c2cc(Cl)nc([C@H](CC(=O)OC)N[S@](=O)C(C)(C)C)c2)OC1(CC)CC. The number of methoxy groups -OCH3 is 1. The number of hydrogen-bond acceptors (Lipinski definition) is 6. The summed E-state index contributed by atoms with van der Waals surface area (Å²) >= 11 is 6.41. The number of halogens is 1. The maximum atomic E-state index is 12.8. The van der Waals surface area contributed by atoms with E-state index in [0.717, 1.165) is 31.1 Å². The van der Waals surface area contributed by atoms with Gasteiger partial charge < -0.3 is 14.0 Å². The van der Waals surface area contributed by atoms with Crippen LogP contribution in [-0.4, -0.2) is 45.3 Å². The molecule has 0 aliphatic carbocycles. The number of carbonyl (C=O) groups is 1. The molecule has 33 heavy (non-hydrogen) atoms. The van der Waals surface area contributed by atoms with Crippen molar-refractivity contribution < 1.29 is 23.0 Å². The second-order valence-corrected chi connectivity index (χ2v) is 11.8. The van der Waals surface area contributed by atoms with Crippen LogP contribution in [0.5, 0.6) is 0 Å². The summed E-state index contributed by atoms with van der Waals surface area (Å²) in [5, 5.41) is 0.247. The van der Waals surface area contributed by atoms with Gasteiger partial charge in [-0.1, -0.05) is 39.3 Å². The zero-order valence-corrected chi connectivity index (χ0v) is 22.7. The molecule has 186 valence electrons. The van der Waals surface area contributed by atoms with Crippen LogP contribution < -0.4 is 10.2 Å². The Morgan fingerprint density at radius 2 is 1.67 bits per heavy atom. The lowest BCUT2D eigenvalue weighted by molar-refractivity contribution is -0.141. The van der Waals surface area contributed by atoms with E-state index in [1.165, 1.54) is 7.11 Å². The van der Waals surface area contributed by atoms with Gasteiger partial charge in [0.25, 0.3) is 0 Å². The van der Waals surface area contributed by atoms with Gasteiger partial charge in [-0.05, 0) is 64.1 Å². The van der Waals surface area contributed by atoms with Crippen molar-refractivity contribution in [1.82, 2.24) is 9.71 Å². The number of pyridine rings is 1. The van der Waals surface area contributed by atoms with Gasteiger partial charge in [0.1, 0.15) is 5.15 Å². The van der Waals surface area contributed by atoms with Gasteiger partial charge in [-0.2, -0.15) is 0 Å². The molecule has 0 bridgehead atoms. The minimum atomic E-state index is -1.44. The highest BCUT2D eigenvalue weighted by atomic mass is 35.5. The Hall–Kier alpha value is -0.995. The van der Waals surface area contributed by atoms with Crippen LogP contribution in [-0.2, 0) is 29.8 Å². The van der Waals surface area contributed by atoms with Crippen molar-refractivity contribution >= 4 is 41.1 Å². The zero-order chi connectivity index (χ0) is 25.0. The molecule has 1 aliphatic heterocycles. The van der Waals surface area contributed by atoms with Crippen molar-refractivity contribution in [3.8, 4) is 0 Å². The second kappa shape index (κ2) is 11.2. The lowest BCUT2D eigenvalue weighted by Crippen LogP contribution is -2.50. The summed E-state index contributed by atoms with van der Waals surface area (Å²) in [6, 6.07) is 2.89. The van der Waals surface area contributed by atoms with Crippen LogP contribution in [0, 0.1) is 0 Å². The van der Waals surface area contributed by atoms with Gasteiger partial charge in [-0.25, -0.2) is 13.9 Å². The van der Waals surface area contributed by atoms with Crippen molar-refractivity contribution in [3.63, 3.8) is 0 Å². The number of hydrogen-bond donors (Lipinski definition) is 1. The maximum Gasteiger partial charge on any atom is 0.495 e. The summed E-state index contributed by atoms with van der Waals surface area (Å²) in [6.45, 7) is 14.1. The molecule has 7 nitrogen and oxygen atoms in total. The maximum absolute atomic E-state index is 12.8. The van der Waals surface area contributed by atoms with E-state index in [2.05, 4.69) is 37.4 Å². The first-order valence-corrected chi connectivity index (χ1v) is 13.2. The third-order valence-electron chi connectivity index (χ3n) is 6.65. The van der Waals surface area contributed by atoms with E-state index in [0.29, 0.717) is 5.69 Å². The van der Waals surface area contributed by atoms with E-state index in [1.54, 1.807) is 6.07 Å². The van der Waals surface area contributed by atoms with E-state index in [9.17, 15) is 9.00 Å². The van der Waals surface area contributed by atoms with Crippen LogP contribution in [0.1, 0.15) is 92.3 Å². The first-order chi connectivity index (χ1) is 15.4. The van der Waals surface area contributed by atoms with Gasteiger partial charge in [0.2, 0.25) is 0 Å². The predicted octanol–water partition coefficient (Wildman–Crippen LogP) is 4.25. The molecule has 1 saturated heterocycles. The lowest BCUT2D eigenvalue weighted by Gasteiger charge is -2.42. The van der Waals surface area contributed by atoms with Crippen LogP contribution in [0.15, 0.2) is 12.1 Å². The van der Waals surface area contributed by atoms with Crippen LogP contribution in [0.4, 0.5) is 0 Å². The zero-order valence-electron chi connectivity index (χ0n) is 21.1. The molecule has 0 unspecified atom stereocenters. The largest absolute Gasteiger partial charge is 0.495 e. The van der Waals surface area contributed by atoms with Gasteiger partial charge in [0.15, 0.2) is 0 Å². The fourth-order valence-electron chi connectivity index (χ4n) is 4.52. The van der Waals surface area contributed by atoms with Crippen molar-refractivity contribution in [2.75, 3.05) is 7.11 Å². The van der Waals surface area contributed by atoms with Crippen molar-refractivity contribution in [3.05, 3.63) is 23.0 Å². The Bertz CT molecular complexity index is 836. The van der Waals surface area contributed by atoms with Crippen molar-refractivity contribution in [2.45, 2.75) is 103 Å². The van der Waals surface area contributed by atoms with E-state index in [4.69, 9.17) is 25.6 Å². The number of carbonyl (C=O) groups excluding carboxylic acids is 1. The molecule has 0 radical (unpaired) electrons. The molecule has 2 heterocycles. The predicted molar refractivity (Wildman–Crippen MR) is 134 cm³/mol. The van der Waals surface area contributed by atoms with E-state index in [-0.39, 0.29) is 11.6 Å². The lowest BCUT2D eigenvalue weighted by atomic mass is 9.75. The highest BCUT2D eigenvalue weighted by Gasteiger charge is 2.58. The molecule has 1 fully saturated rings. The Labute approximate surface area is 206 Å². The summed E-state index contributed by atoms with van der Waals surface area (Å²) < 4.78 is 33.3. The van der Waals surface area contributed by atoms with Crippen LogP contribution in [0.3, 0.4) is 0 Å². The smallest absolute Gasteiger partial charge is 0.469 e. The molecule has 1 aromatic heterocycles. The quantitative estimate of drug-likeness (QED) is 0.294. The molecular formula is C23H38BClN2O5S. The number of nitrogens with zero attached hydrogens (tertiary/aromatic N) is 1. The molecule has 0 spiro atoms. The van der Waals surface area contributed by atoms with E-state index in [1.807, 2.05) is 26.8 Å². The number of aromatic nitrogens is 1. The summed E-state index contributed by atoms with van der Waals surface area (Å²) in [4.78, 5) is 16.5. The normalized spacial score (nSPS) is 19.4. The molecule has 0 aromatic carbocycles. The molecule has 1 N–H and O–H groups in total. The Kier molecular flexibility index (Phi) is 9.55. The van der Waals surface area contributed by atoms with Crippen molar-refractivity contribution in [1.29, 1.82) is 0 Å². The van der Waals surface area contributed by atoms with Gasteiger partial charge in [-0.15, -0.1) is 0 Å². The molecule has 1 aliphatic rings. The average Bonchev–Trinajstić information content (AvgIpc) is 3.12. The number of rotatable bonds is 10. The molecule has 0 amide bonds. The summed E-state index contributed by atoms with van der Waals surface area (Å²) in [5.74, 6) is -0.443. The highest BCUT2D eigenvalue weighted by molar-refractivity contribution is 7.84. The Morgan fingerprint density at radius 1 is 1.15 bits per heavy atom.